The number of benzene rings is 1. The number of hydrogen-bond acceptors (Lipinski definition) is 2. The molecule has 2 aliphatic rings. The summed E-state index contributed by atoms with van der Waals surface area (Å²) in [5, 5.41) is 5.25. The number of urea groups is 1. The molecule has 1 aromatic rings. The van der Waals surface area contributed by atoms with Crippen LogP contribution in [0.1, 0.15) is 39.0 Å². The van der Waals surface area contributed by atoms with Gasteiger partial charge in [0.2, 0.25) is 5.91 Å². The summed E-state index contributed by atoms with van der Waals surface area (Å²) in [5.41, 5.74) is 0.706. The number of likely N-dealkylation sites (tertiary alicyclic amines) is 1. The Balaban J connectivity index is 1.69. The van der Waals surface area contributed by atoms with Crippen LogP contribution in [0, 0.1) is 11.2 Å². The predicted octanol–water partition coefficient (Wildman–Crippen LogP) is 4.14. The molecule has 5 nitrogen and oxygen atoms in total. The minimum Gasteiger partial charge on any atom is -0.326 e. The van der Waals surface area contributed by atoms with E-state index in [-0.39, 0.29) is 23.0 Å². The first-order valence-electron chi connectivity index (χ1n) is 8.76. The fourth-order valence-corrected chi connectivity index (χ4v) is 3.79. The molecule has 0 radical (unpaired) electrons. The van der Waals surface area contributed by atoms with Gasteiger partial charge in [-0.2, -0.15) is 0 Å². The molecule has 134 valence electrons. The van der Waals surface area contributed by atoms with Gasteiger partial charge >= 0.3 is 6.03 Å². The highest BCUT2D eigenvalue weighted by Gasteiger charge is 2.36. The molecule has 2 N–H and O–H groups in total. The van der Waals surface area contributed by atoms with E-state index in [0.717, 1.165) is 32.1 Å². The topological polar surface area (TPSA) is 61.4 Å². The van der Waals surface area contributed by atoms with Crippen molar-refractivity contribution >= 4 is 23.3 Å². The van der Waals surface area contributed by atoms with Crippen LogP contribution in [0.15, 0.2) is 30.4 Å². The highest BCUT2D eigenvalue weighted by molar-refractivity contribution is 5.92. The minimum atomic E-state index is -0.519. The number of hydrogen-bond donors (Lipinski definition) is 2. The molecule has 0 unspecified atom stereocenters. The van der Waals surface area contributed by atoms with Gasteiger partial charge in [-0.15, -0.1) is 0 Å². The zero-order valence-corrected chi connectivity index (χ0v) is 14.5. The summed E-state index contributed by atoms with van der Waals surface area (Å²) in [5.74, 6) is -0.762. The van der Waals surface area contributed by atoms with Crippen molar-refractivity contribution in [2.45, 2.75) is 39.0 Å². The third-order valence-corrected chi connectivity index (χ3v) is 5.04. The molecule has 1 saturated heterocycles. The van der Waals surface area contributed by atoms with E-state index in [1.165, 1.54) is 25.1 Å². The molecule has 0 bridgehead atoms. The van der Waals surface area contributed by atoms with Crippen molar-refractivity contribution in [2.75, 3.05) is 23.7 Å². The number of rotatable bonds is 2. The average Bonchev–Trinajstić information content (AvgIpc) is 2.58. The third kappa shape index (κ3) is 4.18. The molecule has 6 heteroatoms. The van der Waals surface area contributed by atoms with Crippen LogP contribution in [0.3, 0.4) is 0 Å². The second-order valence-electron chi connectivity index (χ2n) is 7.05. The molecule has 1 aliphatic carbocycles. The Kier molecular flexibility index (Phi) is 5.06. The quantitative estimate of drug-likeness (QED) is 0.792. The van der Waals surface area contributed by atoms with Gasteiger partial charge in [0, 0.05) is 25.7 Å². The number of anilines is 2. The van der Waals surface area contributed by atoms with E-state index < -0.39 is 5.82 Å². The summed E-state index contributed by atoms with van der Waals surface area (Å²) in [6.45, 7) is 2.77. The molecule has 3 rings (SSSR count). The molecule has 1 fully saturated rings. The Morgan fingerprint density at radius 2 is 2.04 bits per heavy atom. The van der Waals surface area contributed by atoms with Crippen molar-refractivity contribution in [3.8, 4) is 0 Å². The van der Waals surface area contributed by atoms with E-state index in [2.05, 4.69) is 22.8 Å². The minimum absolute atomic E-state index is 0.0828. The van der Waals surface area contributed by atoms with Crippen molar-refractivity contribution < 1.29 is 14.0 Å². The lowest BCUT2D eigenvalue weighted by atomic mass is 9.71. The number of nitrogens with zero attached hydrogens (tertiary/aromatic N) is 1. The van der Waals surface area contributed by atoms with E-state index in [9.17, 15) is 14.0 Å². The van der Waals surface area contributed by atoms with Gasteiger partial charge in [0.05, 0.1) is 5.69 Å². The Labute approximate surface area is 147 Å². The highest BCUT2D eigenvalue weighted by atomic mass is 19.1. The number of carbonyl (C=O) groups excluding carboxylic acids is 2. The molecular weight excluding hydrogens is 321 g/mol. The van der Waals surface area contributed by atoms with E-state index in [0.29, 0.717) is 18.8 Å². The van der Waals surface area contributed by atoms with Crippen LogP contribution in [0.5, 0.6) is 0 Å². The summed E-state index contributed by atoms with van der Waals surface area (Å²) in [7, 11) is 0. The number of allylic oxidation sites excluding steroid dienone is 2. The Hall–Kier alpha value is -2.37. The van der Waals surface area contributed by atoms with E-state index in [1.807, 2.05) is 0 Å². The SMILES string of the molecule is CC(=O)Nc1ccc(F)c(NC(=O)N2CCC[C@@]3(CC=CCC3)C2)c1. The van der Waals surface area contributed by atoms with Crippen molar-refractivity contribution in [1.82, 2.24) is 4.90 Å². The standard InChI is InChI=1S/C19H24FN3O2/c1-14(24)21-15-6-7-16(20)17(12-15)22-18(25)23-11-5-10-19(13-23)8-3-2-4-9-19/h2-3,6-7,12H,4-5,8-11,13H2,1H3,(H,21,24)(H,22,25)/t19-/m0/s1. The predicted molar refractivity (Wildman–Crippen MR) is 96.0 cm³/mol. The molecule has 25 heavy (non-hydrogen) atoms. The van der Waals surface area contributed by atoms with Gasteiger partial charge in [-0.1, -0.05) is 12.2 Å². The number of carbonyl (C=O) groups is 2. The average molecular weight is 345 g/mol. The van der Waals surface area contributed by atoms with Crippen molar-refractivity contribution in [3.05, 3.63) is 36.2 Å². The van der Waals surface area contributed by atoms with Gasteiger partial charge < -0.3 is 15.5 Å². The normalized spacial score (nSPS) is 22.7. The van der Waals surface area contributed by atoms with Crippen LogP contribution < -0.4 is 10.6 Å². The zero-order valence-electron chi connectivity index (χ0n) is 14.5. The maximum Gasteiger partial charge on any atom is 0.321 e. The van der Waals surface area contributed by atoms with Gasteiger partial charge in [-0.3, -0.25) is 4.79 Å². The van der Waals surface area contributed by atoms with Crippen LogP contribution in [0.25, 0.3) is 0 Å². The van der Waals surface area contributed by atoms with Gasteiger partial charge in [-0.05, 0) is 55.7 Å². The summed E-state index contributed by atoms with van der Waals surface area (Å²) in [4.78, 5) is 25.6. The fourth-order valence-electron chi connectivity index (χ4n) is 3.79. The lowest BCUT2D eigenvalue weighted by molar-refractivity contribution is -0.114. The van der Waals surface area contributed by atoms with Crippen molar-refractivity contribution in [1.29, 1.82) is 0 Å². The largest absolute Gasteiger partial charge is 0.326 e. The molecule has 1 aromatic carbocycles. The maximum absolute atomic E-state index is 14.0. The van der Waals surface area contributed by atoms with E-state index in [1.54, 1.807) is 4.90 Å². The van der Waals surface area contributed by atoms with Crippen molar-refractivity contribution in [2.24, 2.45) is 5.41 Å². The fraction of sp³-hybridized carbons (Fsp3) is 0.474. The molecule has 0 saturated carbocycles. The first-order valence-corrected chi connectivity index (χ1v) is 8.76. The summed E-state index contributed by atoms with van der Waals surface area (Å²) < 4.78 is 14.0. The van der Waals surface area contributed by atoms with Crippen LogP contribution in [-0.2, 0) is 4.79 Å². The van der Waals surface area contributed by atoms with E-state index in [4.69, 9.17) is 0 Å². The Morgan fingerprint density at radius 3 is 2.76 bits per heavy atom. The number of amides is 3. The van der Waals surface area contributed by atoms with Crippen LogP contribution in [0.2, 0.25) is 0 Å². The number of halogens is 1. The highest BCUT2D eigenvalue weighted by Crippen LogP contribution is 2.40. The molecule has 1 spiro atoms. The second-order valence-corrected chi connectivity index (χ2v) is 7.05. The molecule has 3 amide bonds. The van der Waals surface area contributed by atoms with Crippen LogP contribution in [0.4, 0.5) is 20.6 Å². The number of piperidine rings is 1. The van der Waals surface area contributed by atoms with Gasteiger partial charge in [0.15, 0.2) is 0 Å². The van der Waals surface area contributed by atoms with Gasteiger partial charge in [-0.25, -0.2) is 9.18 Å². The Bertz CT molecular complexity index is 704. The molecule has 1 aliphatic heterocycles. The molecule has 0 aromatic heterocycles. The van der Waals surface area contributed by atoms with Crippen LogP contribution in [-0.4, -0.2) is 29.9 Å². The maximum atomic E-state index is 14.0. The summed E-state index contributed by atoms with van der Waals surface area (Å²) >= 11 is 0. The first-order chi connectivity index (χ1) is 12.0. The molecule has 1 atom stereocenters. The lowest BCUT2D eigenvalue weighted by Gasteiger charge is -2.43. The van der Waals surface area contributed by atoms with E-state index >= 15 is 0 Å². The monoisotopic (exact) mass is 345 g/mol. The van der Waals surface area contributed by atoms with Gasteiger partial charge in [0.25, 0.3) is 0 Å². The summed E-state index contributed by atoms with van der Waals surface area (Å²) in [6.07, 6.45) is 9.67. The van der Waals surface area contributed by atoms with Crippen LogP contribution >= 0.6 is 0 Å². The van der Waals surface area contributed by atoms with Gasteiger partial charge in [0.1, 0.15) is 5.82 Å². The molecular formula is C19H24FN3O2. The zero-order chi connectivity index (χ0) is 17.9. The Morgan fingerprint density at radius 1 is 1.20 bits per heavy atom. The molecule has 1 heterocycles. The first kappa shape index (κ1) is 17.5. The second kappa shape index (κ2) is 7.25. The lowest BCUT2D eigenvalue weighted by Crippen LogP contribution is -2.48. The third-order valence-electron chi connectivity index (χ3n) is 5.04. The number of nitrogens with one attached hydrogen (secondary N) is 2. The smallest absolute Gasteiger partial charge is 0.321 e. The van der Waals surface area contributed by atoms with Crippen molar-refractivity contribution in [3.63, 3.8) is 0 Å². The summed E-state index contributed by atoms with van der Waals surface area (Å²) in [6, 6.07) is 3.87.